The smallest absolute Gasteiger partial charge is 0.115 e. The molecule has 3 nitrogen and oxygen atoms in total. The largest absolute Gasteiger partial charge is 0.508 e. The van der Waals surface area contributed by atoms with Gasteiger partial charge in [0.1, 0.15) is 5.75 Å². The Kier molecular flexibility index (Phi) is 3.02. The van der Waals surface area contributed by atoms with Crippen LogP contribution in [0.3, 0.4) is 0 Å². The summed E-state index contributed by atoms with van der Waals surface area (Å²) in [6, 6.07) is 6.87. The molecule has 0 atom stereocenters. The first-order valence-electron chi connectivity index (χ1n) is 5.27. The van der Waals surface area contributed by atoms with E-state index in [2.05, 4.69) is 4.99 Å². The van der Waals surface area contributed by atoms with Gasteiger partial charge in [0.2, 0.25) is 0 Å². The molecule has 0 heterocycles. The van der Waals surface area contributed by atoms with Crippen LogP contribution in [-0.2, 0) is 0 Å². The van der Waals surface area contributed by atoms with Crippen LogP contribution in [0.1, 0.15) is 25.7 Å². The number of aliphatic hydroxyl groups excluding tert-OH is 1. The predicted octanol–water partition coefficient (Wildman–Crippen LogP) is 2.40. The number of hydrogen-bond donors (Lipinski definition) is 2. The highest BCUT2D eigenvalue weighted by Gasteiger charge is 2.14. The lowest BCUT2D eigenvalue weighted by molar-refractivity contribution is 0.152. The van der Waals surface area contributed by atoms with Crippen molar-refractivity contribution in [2.45, 2.75) is 31.8 Å². The maximum absolute atomic E-state index is 9.34. The monoisotopic (exact) mass is 205 g/mol. The highest BCUT2D eigenvalue weighted by Crippen LogP contribution is 2.21. The number of phenols is 1. The summed E-state index contributed by atoms with van der Waals surface area (Å²) < 4.78 is 0. The third-order valence-corrected chi connectivity index (χ3v) is 2.67. The Bertz CT molecular complexity index is 346. The standard InChI is InChI=1S/C12H15NO2/c14-11-5-1-9(2-6-11)13-10-3-7-12(15)8-4-10/h1-2,5-6,12,14-15H,3-4,7-8H2. The number of phenolic OH excluding ortho intramolecular Hbond substituents is 1. The molecule has 2 rings (SSSR count). The predicted molar refractivity (Wildman–Crippen MR) is 59.7 cm³/mol. The molecule has 0 radical (unpaired) electrons. The van der Waals surface area contributed by atoms with Gasteiger partial charge in [-0.25, -0.2) is 0 Å². The minimum Gasteiger partial charge on any atom is -0.508 e. The number of hydrogen-bond acceptors (Lipinski definition) is 3. The van der Waals surface area contributed by atoms with Gasteiger partial charge in [-0.15, -0.1) is 0 Å². The Morgan fingerprint density at radius 3 is 2.27 bits per heavy atom. The highest BCUT2D eigenvalue weighted by molar-refractivity contribution is 5.87. The molecule has 0 bridgehead atoms. The normalized spacial score (nSPS) is 21.4. The van der Waals surface area contributed by atoms with E-state index in [1.807, 2.05) is 0 Å². The quantitative estimate of drug-likeness (QED) is 0.739. The SMILES string of the molecule is Oc1ccc(N=C2CCC(O)CC2)cc1. The summed E-state index contributed by atoms with van der Waals surface area (Å²) in [6.45, 7) is 0. The van der Waals surface area contributed by atoms with E-state index in [9.17, 15) is 5.11 Å². The summed E-state index contributed by atoms with van der Waals surface area (Å²) in [7, 11) is 0. The van der Waals surface area contributed by atoms with Gasteiger partial charge in [0.25, 0.3) is 0 Å². The first-order chi connectivity index (χ1) is 7.24. The molecule has 0 amide bonds. The lowest BCUT2D eigenvalue weighted by atomic mass is 9.96. The van der Waals surface area contributed by atoms with E-state index in [0.29, 0.717) is 0 Å². The summed E-state index contributed by atoms with van der Waals surface area (Å²) >= 11 is 0. The van der Waals surface area contributed by atoms with Crippen molar-refractivity contribution in [1.82, 2.24) is 0 Å². The van der Waals surface area contributed by atoms with Gasteiger partial charge in [-0.1, -0.05) is 0 Å². The molecule has 15 heavy (non-hydrogen) atoms. The maximum atomic E-state index is 9.34. The van der Waals surface area contributed by atoms with Gasteiger partial charge >= 0.3 is 0 Å². The first-order valence-corrected chi connectivity index (χ1v) is 5.27. The molecule has 1 aromatic rings. The topological polar surface area (TPSA) is 52.8 Å². The Morgan fingerprint density at radius 2 is 1.67 bits per heavy atom. The molecule has 1 aliphatic rings. The van der Waals surface area contributed by atoms with Gasteiger partial charge < -0.3 is 10.2 Å². The van der Waals surface area contributed by atoms with Crippen molar-refractivity contribution in [2.24, 2.45) is 4.99 Å². The second-order valence-corrected chi connectivity index (χ2v) is 3.93. The van der Waals surface area contributed by atoms with Crippen LogP contribution in [0.25, 0.3) is 0 Å². The van der Waals surface area contributed by atoms with Gasteiger partial charge in [-0.3, -0.25) is 4.99 Å². The Hall–Kier alpha value is -1.35. The molecule has 2 N–H and O–H groups in total. The van der Waals surface area contributed by atoms with Gasteiger partial charge in [0.05, 0.1) is 11.8 Å². The van der Waals surface area contributed by atoms with Gasteiger partial charge in [0, 0.05) is 5.71 Å². The van der Waals surface area contributed by atoms with Crippen molar-refractivity contribution in [3.05, 3.63) is 24.3 Å². The van der Waals surface area contributed by atoms with Crippen LogP contribution >= 0.6 is 0 Å². The fraction of sp³-hybridized carbons (Fsp3) is 0.417. The molecule has 1 saturated carbocycles. The number of rotatable bonds is 1. The number of aliphatic hydroxyl groups is 1. The van der Waals surface area contributed by atoms with E-state index in [-0.39, 0.29) is 11.9 Å². The maximum Gasteiger partial charge on any atom is 0.115 e. The molecule has 0 aromatic heterocycles. The van der Waals surface area contributed by atoms with Crippen molar-refractivity contribution >= 4 is 11.4 Å². The van der Waals surface area contributed by atoms with E-state index in [1.165, 1.54) is 0 Å². The van der Waals surface area contributed by atoms with Crippen molar-refractivity contribution in [2.75, 3.05) is 0 Å². The van der Waals surface area contributed by atoms with Crippen molar-refractivity contribution in [3.63, 3.8) is 0 Å². The van der Waals surface area contributed by atoms with E-state index in [1.54, 1.807) is 24.3 Å². The van der Waals surface area contributed by atoms with Crippen LogP contribution in [0.4, 0.5) is 5.69 Å². The molecular weight excluding hydrogens is 190 g/mol. The summed E-state index contributed by atoms with van der Waals surface area (Å²) in [5.74, 6) is 0.262. The molecule has 0 aliphatic heterocycles. The Balaban J connectivity index is 2.06. The van der Waals surface area contributed by atoms with E-state index < -0.39 is 0 Å². The van der Waals surface area contributed by atoms with Crippen LogP contribution in [0, 0.1) is 0 Å². The van der Waals surface area contributed by atoms with Crippen molar-refractivity contribution in [3.8, 4) is 5.75 Å². The number of aromatic hydroxyl groups is 1. The zero-order chi connectivity index (χ0) is 10.7. The summed E-state index contributed by atoms with van der Waals surface area (Å²) in [4.78, 5) is 4.49. The molecule has 1 fully saturated rings. The summed E-state index contributed by atoms with van der Waals surface area (Å²) in [5.41, 5.74) is 2.02. The van der Waals surface area contributed by atoms with E-state index in [0.717, 1.165) is 37.1 Å². The third kappa shape index (κ3) is 2.80. The zero-order valence-corrected chi connectivity index (χ0v) is 8.56. The molecule has 0 saturated heterocycles. The Morgan fingerprint density at radius 1 is 1.07 bits per heavy atom. The Labute approximate surface area is 89.1 Å². The molecule has 0 spiro atoms. The highest BCUT2D eigenvalue weighted by atomic mass is 16.3. The summed E-state index contributed by atoms with van der Waals surface area (Å²) in [5, 5.41) is 18.5. The van der Waals surface area contributed by atoms with Gasteiger partial charge in [-0.2, -0.15) is 0 Å². The second-order valence-electron chi connectivity index (χ2n) is 3.93. The third-order valence-electron chi connectivity index (χ3n) is 2.67. The van der Waals surface area contributed by atoms with Gasteiger partial charge in [-0.05, 0) is 49.9 Å². The average Bonchev–Trinajstić information content (AvgIpc) is 2.25. The van der Waals surface area contributed by atoms with Crippen LogP contribution in [0.5, 0.6) is 5.75 Å². The molecule has 80 valence electrons. The fourth-order valence-corrected chi connectivity index (χ4v) is 1.76. The van der Waals surface area contributed by atoms with Crippen LogP contribution in [-0.4, -0.2) is 22.0 Å². The van der Waals surface area contributed by atoms with E-state index >= 15 is 0 Å². The molecule has 1 aliphatic carbocycles. The van der Waals surface area contributed by atoms with Crippen LogP contribution in [0.15, 0.2) is 29.3 Å². The average molecular weight is 205 g/mol. The lowest BCUT2D eigenvalue weighted by Crippen LogP contribution is -2.17. The molecule has 3 heteroatoms. The van der Waals surface area contributed by atoms with Crippen molar-refractivity contribution in [1.29, 1.82) is 0 Å². The minimum absolute atomic E-state index is 0.149. The number of nitrogens with zero attached hydrogens (tertiary/aromatic N) is 1. The first kappa shape index (κ1) is 10.2. The van der Waals surface area contributed by atoms with Crippen LogP contribution in [0.2, 0.25) is 0 Å². The molecular formula is C12H15NO2. The van der Waals surface area contributed by atoms with Crippen LogP contribution < -0.4 is 0 Å². The zero-order valence-electron chi connectivity index (χ0n) is 8.56. The number of aliphatic imine (C=N–C) groups is 1. The molecule has 1 aromatic carbocycles. The number of benzene rings is 1. The fourth-order valence-electron chi connectivity index (χ4n) is 1.76. The van der Waals surface area contributed by atoms with Crippen molar-refractivity contribution < 1.29 is 10.2 Å². The van der Waals surface area contributed by atoms with E-state index in [4.69, 9.17) is 5.11 Å². The lowest BCUT2D eigenvalue weighted by Gasteiger charge is -2.18. The molecule has 0 unspecified atom stereocenters. The van der Waals surface area contributed by atoms with Gasteiger partial charge in [0.15, 0.2) is 0 Å². The summed E-state index contributed by atoms with van der Waals surface area (Å²) in [6.07, 6.45) is 3.24. The second kappa shape index (κ2) is 4.45. The minimum atomic E-state index is -0.149.